The number of furan rings is 1. The summed E-state index contributed by atoms with van der Waals surface area (Å²) in [5, 5.41) is 4.72. The van der Waals surface area contributed by atoms with Gasteiger partial charge in [0.2, 0.25) is 0 Å². The van der Waals surface area contributed by atoms with Crippen molar-refractivity contribution in [3.05, 3.63) is 62.9 Å². The normalized spacial score (nSPS) is 12.6. The van der Waals surface area contributed by atoms with Gasteiger partial charge in [0.1, 0.15) is 11.3 Å². The van der Waals surface area contributed by atoms with Crippen LogP contribution in [0.1, 0.15) is 29.9 Å². The third-order valence-corrected chi connectivity index (χ3v) is 4.99. The Morgan fingerprint density at radius 1 is 1.10 bits per heavy atom. The van der Waals surface area contributed by atoms with Crippen molar-refractivity contribution in [1.82, 2.24) is 0 Å². The highest BCUT2D eigenvalue weighted by atomic mass is 127. The molecule has 0 radical (unpaired) electrons. The number of hydrogen-bond donors (Lipinski definition) is 1. The van der Waals surface area contributed by atoms with Gasteiger partial charge in [-0.3, -0.25) is 0 Å². The van der Waals surface area contributed by atoms with Crippen LogP contribution in [0.15, 0.2) is 46.9 Å². The van der Waals surface area contributed by atoms with Crippen LogP contribution in [-0.2, 0) is 0 Å². The van der Waals surface area contributed by atoms with Crippen LogP contribution in [0.2, 0.25) is 0 Å². The topological polar surface area (TPSA) is 25.2 Å². The van der Waals surface area contributed by atoms with Gasteiger partial charge in [-0.15, -0.1) is 0 Å². The van der Waals surface area contributed by atoms with Gasteiger partial charge < -0.3 is 9.73 Å². The molecule has 0 fully saturated rings. The number of anilines is 1. The maximum atomic E-state index is 6.02. The standard InChI is InChI=1S/C18H18INO/c1-11-8-9-14(10-16(11)19)20-13(3)18-12(2)15-6-4-5-7-17(15)21-18/h4-10,13,20H,1-3H3. The summed E-state index contributed by atoms with van der Waals surface area (Å²) in [4.78, 5) is 0. The Labute approximate surface area is 138 Å². The lowest BCUT2D eigenvalue weighted by atomic mass is 10.1. The van der Waals surface area contributed by atoms with Crippen LogP contribution in [0, 0.1) is 17.4 Å². The molecule has 3 heteroatoms. The van der Waals surface area contributed by atoms with Gasteiger partial charge in [0.05, 0.1) is 6.04 Å². The molecule has 0 aliphatic rings. The molecule has 2 aromatic carbocycles. The number of benzene rings is 2. The maximum absolute atomic E-state index is 6.02. The molecular formula is C18H18INO. The molecule has 0 saturated carbocycles. The van der Waals surface area contributed by atoms with Crippen molar-refractivity contribution in [2.75, 3.05) is 5.32 Å². The summed E-state index contributed by atoms with van der Waals surface area (Å²) in [6, 6.07) is 14.8. The first-order chi connectivity index (χ1) is 10.1. The predicted octanol–water partition coefficient (Wildman–Crippen LogP) is 5.83. The fourth-order valence-electron chi connectivity index (χ4n) is 2.60. The molecule has 1 atom stereocenters. The minimum Gasteiger partial charge on any atom is -0.459 e. The second-order valence-electron chi connectivity index (χ2n) is 5.42. The van der Waals surface area contributed by atoms with E-state index in [2.05, 4.69) is 79.0 Å². The quantitative estimate of drug-likeness (QED) is 0.569. The van der Waals surface area contributed by atoms with Crippen LogP contribution < -0.4 is 5.32 Å². The van der Waals surface area contributed by atoms with E-state index in [0.717, 1.165) is 17.0 Å². The molecule has 21 heavy (non-hydrogen) atoms. The summed E-state index contributed by atoms with van der Waals surface area (Å²) >= 11 is 2.37. The van der Waals surface area contributed by atoms with Gasteiger partial charge in [0.25, 0.3) is 0 Å². The molecule has 0 saturated heterocycles. The van der Waals surface area contributed by atoms with Crippen LogP contribution in [-0.4, -0.2) is 0 Å². The Balaban J connectivity index is 1.91. The average Bonchev–Trinajstić information content (AvgIpc) is 2.81. The Morgan fingerprint density at radius 2 is 1.86 bits per heavy atom. The molecule has 3 rings (SSSR count). The molecule has 0 aliphatic carbocycles. The SMILES string of the molecule is Cc1ccc(NC(C)c2oc3ccccc3c2C)cc1I. The van der Waals surface area contributed by atoms with E-state index in [0.29, 0.717) is 0 Å². The van der Waals surface area contributed by atoms with Gasteiger partial charge in [-0.2, -0.15) is 0 Å². The minimum absolute atomic E-state index is 0.135. The van der Waals surface area contributed by atoms with Crippen LogP contribution in [0.5, 0.6) is 0 Å². The van der Waals surface area contributed by atoms with E-state index >= 15 is 0 Å². The van der Waals surface area contributed by atoms with Crippen molar-refractivity contribution in [2.24, 2.45) is 0 Å². The van der Waals surface area contributed by atoms with Crippen LogP contribution in [0.25, 0.3) is 11.0 Å². The van der Waals surface area contributed by atoms with Crippen LogP contribution in [0.3, 0.4) is 0 Å². The van der Waals surface area contributed by atoms with E-state index in [1.165, 1.54) is 20.1 Å². The fraction of sp³-hybridized carbons (Fsp3) is 0.222. The minimum atomic E-state index is 0.135. The molecule has 0 amide bonds. The molecule has 0 bridgehead atoms. The van der Waals surface area contributed by atoms with Gasteiger partial charge in [-0.05, 0) is 67.1 Å². The van der Waals surface area contributed by atoms with E-state index < -0.39 is 0 Å². The van der Waals surface area contributed by atoms with Gasteiger partial charge in [0.15, 0.2) is 0 Å². The monoisotopic (exact) mass is 391 g/mol. The largest absolute Gasteiger partial charge is 0.459 e. The van der Waals surface area contributed by atoms with Crippen molar-refractivity contribution >= 4 is 39.2 Å². The zero-order chi connectivity index (χ0) is 15.0. The van der Waals surface area contributed by atoms with Crippen molar-refractivity contribution in [3.8, 4) is 0 Å². The summed E-state index contributed by atoms with van der Waals surface area (Å²) in [7, 11) is 0. The highest BCUT2D eigenvalue weighted by Crippen LogP contribution is 2.31. The third-order valence-electron chi connectivity index (χ3n) is 3.83. The molecule has 1 aromatic heterocycles. The van der Waals surface area contributed by atoms with Gasteiger partial charge in [-0.1, -0.05) is 24.3 Å². The molecule has 0 spiro atoms. The summed E-state index contributed by atoms with van der Waals surface area (Å²) < 4.78 is 7.29. The van der Waals surface area contributed by atoms with Gasteiger partial charge >= 0.3 is 0 Å². The molecule has 1 N–H and O–H groups in total. The summed E-state index contributed by atoms with van der Waals surface area (Å²) in [6.45, 7) is 6.38. The van der Waals surface area contributed by atoms with Crippen LogP contribution >= 0.6 is 22.6 Å². The lowest BCUT2D eigenvalue weighted by molar-refractivity contribution is 0.522. The molecule has 108 valence electrons. The summed E-state index contributed by atoms with van der Waals surface area (Å²) in [5.74, 6) is 1.01. The summed E-state index contributed by atoms with van der Waals surface area (Å²) in [5.41, 5.74) is 4.59. The zero-order valence-electron chi connectivity index (χ0n) is 12.4. The predicted molar refractivity (Wildman–Crippen MR) is 96.9 cm³/mol. The Kier molecular flexibility index (Phi) is 3.93. The Bertz CT molecular complexity index is 791. The Hall–Kier alpha value is -1.49. The van der Waals surface area contributed by atoms with Gasteiger partial charge in [0, 0.05) is 20.2 Å². The number of nitrogens with one attached hydrogen (secondary N) is 1. The number of aryl methyl sites for hydroxylation is 2. The smallest absolute Gasteiger partial charge is 0.134 e. The number of para-hydroxylation sites is 1. The molecule has 1 unspecified atom stereocenters. The van der Waals surface area contributed by atoms with Crippen molar-refractivity contribution in [2.45, 2.75) is 26.8 Å². The first-order valence-corrected chi connectivity index (χ1v) is 8.15. The van der Waals surface area contributed by atoms with Crippen molar-refractivity contribution in [1.29, 1.82) is 0 Å². The lowest BCUT2D eigenvalue weighted by Crippen LogP contribution is -2.07. The Morgan fingerprint density at radius 3 is 2.57 bits per heavy atom. The fourth-order valence-corrected chi connectivity index (χ4v) is 3.12. The second kappa shape index (κ2) is 5.72. The van der Waals surface area contributed by atoms with Gasteiger partial charge in [-0.25, -0.2) is 0 Å². The first kappa shape index (κ1) is 14.4. The number of halogens is 1. The van der Waals surface area contributed by atoms with E-state index in [-0.39, 0.29) is 6.04 Å². The summed E-state index contributed by atoms with van der Waals surface area (Å²) in [6.07, 6.45) is 0. The highest BCUT2D eigenvalue weighted by Gasteiger charge is 2.16. The second-order valence-corrected chi connectivity index (χ2v) is 6.58. The van der Waals surface area contributed by atoms with Crippen molar-refractivity contribution < 1.29 is 4.42 Å². The highest BCUT2D eigenvalue weighted by molar-refractivity contribution is 14.1. The third kappa shape index (κ3) is 2.79. The molecule has 3 aromatic rings. The first-order valence-electron chi connectivity index (χ1n) is 7.07. The molecular weight excluding hydrogens is 373 g/mol. The van der Waals surface area contributed by atoms with E-state index in [1.54, 1.807) is 0 Å². The molecule has 0 aliphatic heterocycles. The van der Waals surface area contributed by atoms with Crippen molar-refractivity contribution in [3.63, 3.8) is 0 Å². The lowest BCUT2D eigenvalue weighted by Gasteiger charge is -2.15. The number of rotatable bonds is 3. The number of hydrogen-bond acceptors (Lipinski definition) is 2. The molecule has 1 heterocycles. The number of fused-ring (bicyclic) bond motifs is 1. The maximum Gasteiger partial charge on any atom is 0.134 e. The van der Waals surface area contributed by atoms with E-state index in [1.807, 2.05) is 12.1 Å². The van der Waals surface area contributed by atoms with E-state index in [9.17, 15) is 0 Å². The van der Waals surface area contributed by atoms with E-state index in [4.69, 9.17) is 4.42 Å². The van der Waals surface area contributed by atoms with Crippen LogP contribution in [0.4, 0.5) is 5.69 Å². The average molecular weight is 391 g/mol. The molecule has 2 nitrogen and oxygen atoms in total. The zero-order valence-corrected chi connectivity index (χ0v) is 14.6.